The summed E-state index contributed by atoms with van der Waals surface area (Å²) in [6.07, 6.45) is 3.14. The van der Waals surface area contributed by atoms with Crippen LogP contribution in [0.4, 0.5) is 0 Å². The monoisotopic (exact) mass is 170 g/mol. The number of esters is 1. The predicted octanol–water partition coefficient (Wildman–Crippen LogP) is 1.65. The zero-order valence-electron chi connectivity index (χ0n) is 7.29. The van der Waals surface area contributed by atoms with Gasteiger partial charge in [-0.05, 0) is 6.42 Å². The number of rotatable bonds is 6. The highest BCUT2D eigenvalue weighted by Gasteiger charge is 2.06. The summed E-state index contributed by atoms with van der Waals surface area (Å²) in [6.45, 7) is 8.87. The van der Waals surface area contributed by atoms with Crippen molar-refractivity contribution in [1.29, 1.82) is 0 Å². The normalized spacial score (nSPS) is 11.4. The molecule has 0 saturated heterocycles. The van der Waals surface area contributed by atoms with Gasteiger partial charge < -0.3 is 9.47 Å². The summed E-state index contributed by atoms with van der Waals surface area (Å²) in [5, 5.41) is 0. The van der Waals surface area contributed by atoms with Gasteiger partial charge in [0.1, 0.15) is 12.7 Å². The van der Waals surface area contributed by atoms with E-state index in [1.807, 2.05) is 6.92 Å². The highest BCUT2D eigenvalue weighted by molar-refractivity contribution is 5.81. The van der Waals surface area contributed by atoms with Gasteiger partial charge in [0, 0.05) is 6.08 Å². The van der Waals surface area contributed by atoms with Crippen molar-refractivity contribution in [2.24, 2.45) is 0 Å². The molecule has 0 aliphatic carbocycles. The number of hydrogen-bond acceptors (Lipinski definition) is 3. The van der Waals surface area contributed by atoms with Crippen LogP contribution in [0.15, 0.2) is 25.5 Å². The fraction of sp³-hybridized carbons (Fsp3) is 0.444. The van der Waals surface area contributed by atoms with Crippen LogP contribution in [0.3, 0.4) is 0 Å². The molecule has 3 heteroatoms. The minimum atomic E-state index is -0.430. The zero-order valence-corrected chi connectivity index (χ0v) is 7.29. The molecule has 3 nitrogen and oxygen atoms in total. The molecule has 1 unspecified atom stereocenters. The predicted molar refractivity (Wildman–Crippen MR) is 46.5 cm³/mol. The molecule has 0 N–H and O–H groups in total. The maximum atomic E-state index is 10.6. The maximum absolute atomic E-state index is 10.6. The Balaban J connectivity index is 3.63. The largest absolute Gasteiger partial charge is 0.495 e. The molecule has 0 aliphatic heterocycles. The second-order valence-electron chi connectivity index (χ2n) is 2.17. The molecule has 0 fully saturated rings. The first-order valence-corrected chi connectivity index (χ1v) is 3.80. The summed E-state index contributed by atoms with van der Waals surface area (Å²) in [5.41, 5.74) is 0. The topological polar surface area (TPSA) is 35.5 Å². The van der Waals surface area contributed by atoms with E-state index >= 15 is 0 Å². The Hall–Kier alpha value is -1.25. The van der Waals surface area contributed by atoms with Gasteiger partial charge in [-0.2, -0.15) is 0 Å². The Morgan fingerprint density at radius 3 is 2.67 bits per heavy atom. The molecular formula is C9H14O3. The lowest BCUT2D eigenvalue weighted by atomic mass is 10.3. The van der Waals surface area contributed by atoms with Crippen molar-refractivity contribution in [1.82, 2.24) is 0 Å². The molecule has 0 amide bonds. The number of hydrogen-bond donors (Lipinski definition) is 0. The first kappa shape index (κ1) is 10.8. The molecule has 68 valence electrons. The van der Waals surface area contributed by atoms with Crippen molar-refractivity contribution in [3.8, 4) is 0 Å². The molecule has 0 saturated carbocycles. The lowest BCUT2D eigenvalue weighted by molar-refractivity contribution is -0.140. The Morgan fingerprint density at radius 2 is 2.25 bits per heavy atom. The van der Waals surface area contributed by atoms with Crippen LogP contribution in [0.1, 0.15) is 13.3 Å². The van der Waals surface area contributed by atoms with Crippen LogP contribution in [0, 0.1) is 0 Å². The Morgan fingerprint density at radius 1 is 1.58 bits per heavy atom. The van der Waals surface area contributed by atoms with Crippen LogP contribution in [0.25, 0.3) is 0 Å². The Kier molecular flexibility index (Phi) is 5.79. The van der Waals surface area contributed by atoms with Gasteiger partial charge in [-0.3, -0.25) is 0 Å². The van der Waals surface area contributed by atoms with E-state index in [0.29, 0.717) is 0 Å². The number of carbonyl (C=O) groups is 1. The van der Waals surface area contributed by atoms with Gasteiger partial charge in [0.05, 0.1) is 6.26 Å². The summed E-state index contributed by atoms with van der Waals surface area (Å²) >= 11 is 0. The van der Waals surface area contributed by atoms with E-state index in [9.17, 15) is 4.79 Å². The Bertz CT molecular complexity index is 163. The second kappa shape index (κ2) is 6.46. The SMILES string of the molecule is C=COC(CC)COC(=O)C=C. The molecule has 0 heterocycles. The van der Waals surface area contributed by atoms with Gasteiger partial charge in [0.25, 0.3) is 0 Å². The fourth-order valence-electron chi connectivity index (χ4n) is 0.623. The van der Waals surface area contributed by atoms with E-state index in [1.54, 1.807) is 0 Å². The third-order valence-corrected chi connectivity index (χ3v) is 1.32. The van der Waals surface area contributed by atoms with Crippen LogP contribution in [0.5, 0.6) is 0 Å². The number of carbonyl (C=O) groups excluding carboxylic acids is 1. The third kappa shape index (κ3) is 4.55. The van der Waals surface area contributed by atoms with Crippen molar-refractivity contribution in [2.45, 2.75) is 19.4 Å². The van der Waals surface area contributed by atoms with Crippen LogP contribution in [-0.4, -0.2) is 18.7 Å². The minimum Gasteiger partial charge on any atom is -0.495 e. The van der Waals surface area contributed by atoms with E-state index in [-0.39, 0.29) is 12.7 Å². The van der Waals surface area contributed by atoms with Crippen molar-refractivity contribution in [3.05, 3.63) is 25.5 Å². The van der Waals surface area contributed by atoms with Crippen LogP contribution < -0.4 is 0 Å². The van der Waals surface area contributed by atoms with E-state index < -0.39 is 5.97 Å². The highest BCUT2D eigenvalue weighted by atomic mass is 16.6. The highest BCUT2D eigenvalue weighted by Crippen LogP contribution is 1.99. The summed E-state index contributed by atoms with van der Waals surface area (Å²) in [4.78, 5) is 10.6. The molecule has 0 aromatic heterocycles. The zero-order chi connectivity index (χ0) is 9.40. The second-order valence-corrected chi connectivity index (χ2v) is 2.17. The third-order valence-electron chi connectivity index (χ3n) is 1.32. The van der Waals surface area contributed by atoms with Crippen LogP contribution in [0.2, 0.25) is 0 Å². The van der Waals surface area contributed by atoms with Gasteiger partial charge in [-0.1, -0.05) is 20.1 Å². The van der Waals surface area contributed by atoms with E-state index in [0.717, 1.165) is 12.5 Å². The quantitative estimate of drug-likeness (QED) is 0.345. The van der Waals surface area contributed by atoms with Crippen molar-refractivity contribution >= 4 is 5.97 Å². The minimum absolute atomic E-state index is 0.105. The van der Waals surface area contributed by atoms with Gasteiger partial charge >= 0.3 is 5.97 Å². The Labute approximate surface area is 72.7 Å². The molecule has 0 spiro atoms. The summed E-state index contributed by atoms with van der Waals surface area (Å²) in [7, 11) is 0. The van der Waals surface area contributed by atoms with Crippen molar-refractivity contribution in [2.75, 3.05) is 6.61 Å². The molecule has 1 atom stereocenters. The average molecular weight is 170 g/mol. The van der Waals surface area contributed by atoms with Gasteiger partial charge in [0.2, 0.25) is 0 Å². The van der Waals surface area contributed by atoms with E-state index in [4.69, 9.17) is 9.47 Å². The molecule has 0 aromatic rings. The molecule has 0 aromatic carbocycles. The van der Waals surface area contributed by atoms with Crippen LogP contribution >= 0.6 is 0 Å². The average Bonchev–Trinajstić information content (AvgIpc) is 2.11. The smallest absolute Gasteiger partial charge is 0.330 e. The maximum Gasteiger partial charge on any atom is 0.330 e. The summed E-state index contributed by atoms with van der Waals surface area (Å²) in [6, 6.07) is 0. The van der Waals surface area contributed by atoms with Gasteiger partial charge in [0.15, 0.2) is 0 Å². The molecule has 0 bridgehead atoms. The molecule has 0 radical (unpaired) electrons. The van der Waals surface area contributed by atoms with Crippen molar-refractivity contribution < 1.29 is 14.3 Å². The number of ether oxygens (including phenoxy) is 2. The summed E-state index contributed by atoms with van der Waals surface area (Å²) in [5.74, 6) is -0.430. The van der Waals surface area contributed by atoms with E-state index in [2.05, 4.69) is 13.2 Å². The standard InChI is InChI=1S/C9H14O3/c1-4-8(11-6-3)7-12-9(10)5-2/h5-6,8H,2-4,7H2,1H3. The van der Waals surface area contributed by atoms with Gasteiger partial charge in [-0.15, -0.1) is 0 Å². The molecule has 0 rings (SSSR count). The van der Waals surface area contributed by atoms with Gasteiger partial charge in [-0.25, -0.2) is 4.79 Å². The van der Waals surface area contributed by atoms with E-state index in [1.165, 1.54) is 6.26 Å². The summed E-state index contributed by atoms with van der Waals surface area (Å²) < 4.78 is 9.81. The van der Waals surface area contributed by atoms with Crippen molar-refractivity contribution in [3.63, 3.8) is 0 Å². The first-order chi connectivity index (χ1) is 5.74. The lowest BCUT2D eigenvalue weighted by Crippen LogP contribution is -2.18. The lowest BCUT2D eigenvalue weighted by Gasteiger charge is -2.13. The molecular weight excluding hydrogens is 156 g/mol. The van der Waals surface area contributed by atoms with Crippen LogP contribution in [-0.2, 0) is 14.3 Å². The first-order valence-electron chi connectivity index (χ1n) is 3.80. The molecule has 0 aliphatic rings. The fourth-order valence-corrected chi connectivity index (χ4v) is 0.623. The molecule has 12 heavy (non-hydrogen) atoms.